The van der Waals surface area contributed by atoms with E-state index in [0.29, 0.717) is 58.4 Å². The van der Waals surface area contributed by atoms with Crippen molar-refractivity contribution in [2.75, 3.05) is 26.3 Å². The molecule has 47 heavy (non-hydrogen) atoms. The van der Waals surface area contributed by atoms with Crippen molar-refractivity contribution < 1.29 is 43.3 Å². The van der Waals surface area contributed by atoms with Gasteiger partial charge in [0.25, 0.3) is 0 Å². The van der Waals surface area contributed by atoms with Crippen molar-refractivity contribution in [1.82, 2.24) is 20.4 Å². The standard InChI is InChI=1S/C34H44N4O9/c39-29-28-18-26(47-33(44)37-15-12-22-8-6-7-9-23(22)20-37)21-38(28)30(40)27(35-32(43)46-25-13-16-45-17-14-25)11-5-3-1-2-4-10-24-19-34(24,36-29)31(41)42/h4,6-10,24-28H,1-3,5,11-21H2,(H,35,43)(H,36,39)(H,41,42)/b10-4-/t24-,26+,27-,28-,34+/m0/s1. The Labute approximate surface area is 273 Å². The first-order valence-electron chi connectivity index (χ1n) is 16.8. The molecule has 5 aliphatic rings. The molecule has 3 fully saturated rings. The second kappa shape index (κ2) is 14.3. The van der Waals surface area contributed by atoms with Crippen LogP contribution in [-0.4, -0.2) is 101 Å². The summed E-state index contributed by atoms with van der Waals surface area (Å²) >= 11 is 0. The number of carboxylic acid groups (broad SMARTS) is 1. The maximum Gasteiger partial charge on any atom is 0.410 e. The van der Waals surface area contributed by atoms with E-state index in [0.717, 1.165) is 24.8 Å². The summed E-state index contributed by atoms with van der Waals surface area (Å²) < 4.78 is 16.8. The van der Waals surface area contributed by atoms with Gasteiger partial charge in [0.05, 0.1) is 19.8 Å². The molecule has 1 saturated carbocycles. The Hall–Kier alpha value is -4.13. The van der Waals surface area contributed by atoms with Crippen LogP contribution in [0.5, 0.6) is 0 Å². The van der Waals surface area contributed by atoms with Gasteiger partial charge in [0.15, 0.2) is 0 Å². The number of nitrogens with one attached hydrogen (secondary N) is 2. The average Bonchev–Trinajstić information content (AvgIpc) is 3.60. The van der Waals surface area contributed by atoms with Crippen molar-refractivity contribution in [2.24, 2.45) is 5.92 Å². The highest BCUT2D eigenvalue weighted by Gasteiger charge is 2.61. The molecule has 4 aliphatic heterocycles. The zero-order chi connectivity index (χ0) is 33.0. The van der Waals surface area contributed by atoms with Gasteiger partial charge in [-0.2, -0.15) is 0 Å². The van der Waals surface area contributed by atoms with Crippen LogP contribution in [0.4, 0.5) is 9.59 Å². The largest absolute Gasteiger partial charge is 0.479 e. The summed E-state index contributed by atoms with van der Waals surface area (Å²) in [6.07, 6.45) is 6.83. The van der Waals surface area contributed by atoms with Gasteiger partial charge < -0.3 is 39.8 Å². The zero-order valence-electron chi connectivity index (χ0n) is 26.6. The van der Waals surface area contributed by atoms with Crippen LogP contribution in [0.1, 0.15) is 68.9 Å². The fraction of sp³-hybridized carbons (Fsp3) is 0.618. The monoisotopic (exact) mass is 652 g/mol. The third kappa shape index (κ3) is 7.55. The number of carbonyl (C=O) groups excluding carboxylic acids is 4. The van der Waals surface area contributed by atoms with Gasteiger partial charge in [-0.1, -0.05) is 49.3 Å². The van der Waals surface area contributed by atoms with Gasteiger partial charge in [0.1, 0.15) is 29.8 Å². The number of hydrogen-bond acceptors (Lipinski definition) is 8. The summed E-state index contributed by atoms with van der Waals surface area (Å²) in [5.74, 6) is -2.61. The quantitative estimate of drug-likeness (QED) is 0.415. The summed E-state index contributed by atoms with van der Waals surface area (Å²) in [5.41, 5.74) is 0.766. The van der Waals surface area contributed by atoms with Crippen molar-refractivity contribution in [3.63, 3.8) is 0 Å². The molecule has 5 atom stereocenters. The highest BCUT2D eigenvalue weighted by molar-refractivity contribution is 5.96. The van der Waals surface area contributed by atoms with Crippen molar-refractivity contribution in [3.05, 3.63) is 47.5 Å². The number of fused-ring (bicyclic) bond motifs is 3. The van der Waals surface area contributed by atoms with E-state index in [1.54, 1.807) is 4.90 Å². The Morgan fingerprint density at radius 3 is 2.57 bits per heavy atom. The van der Waals surface area contributed by atoms with Crippen LogP contribution < -0.4 is 10.6 Å². The van der Waals surface area contributed by atoms with Gasteiger partial charge >= 0.3 is 18.2 Å². The van der Waals surface area contributed by atoms with E-state index in [1.165, 1.54) is 10.5 Å². The van der Waals surface area contributed by atoms with Crippen LogP contribution in [0, 0.1) is 5.92 Å². The molecule has 3 N–H and O–H groups in total. The van der Waals surface area contributed by atoms with Gasteiger partial charge in [0, 0.05) is 38.3 Å². The molecule has 0 bridgehead atoms. The molecule has 0 spiro atoms. The highest BCUT2D eigenvalue weighted by atomic mass is 16.6. The molecule has 13 heteroatoms. The topological polar surface area (TPSA) is 164 Å². The summed E-state index contributed by atoms with van der Waals surface area (Å²) in [5, 5.41) is 15.6. The number of alkyl carbamates (subject to hydrolysis) is 1. The first-order valence-corrected chi connectivity index (χ1v) is 16.8. The first-order chi connectivity index (χ1) is 22.7. The third-order valence-corrected chi connectivity index (χ3v) is 10.0. The average molecular weight is 653 g/mol. The summed E-state index contributed by atoms with van der Waals surface area (Å²) in [4.78, 5) is 69.6. The van der Waals surface area contributed by atoms with E-state index >= 15 is 0 Å². The van der Waals surface area contributed by atoms with Crippen LogP contribution in [0.15, 0.2) is 36.4 Å². The number of carbonyl (C=O) groups is 5. The number of allylic oxidation sites excluding steroid dienone is 1. The zero-order valence-corrected chi connectivity index (χ0v) is 26.6. The number of amides is 4. The number of hydrogen-bond donors (Lipinski definition) is 3. The first kappa shape index (κ1) is 32.8. The molecular weight excluding hydrogens is 608 g/mol. The number of nitrogens with zero attached hydrogens (tertiary/aromatic N) is 2. The number of ether oxygens (including phenoxy) is 3. The molecule has 4 amide bonds. The number of rotatable bonds is 4. The van der Waals surface area contributed by atoms with Gasteiger partial charge in [-0.25, -0.2) is 14.4 Å². The molecule has 1 aromatic rings. The molecule has 0 aromatic heterocycles. The van der Waals surface area contributed by atoms with Crippen LogP contribution in [0.3, 0.4) is 0 Å². The van der Waals surface area contributed by atoms with Crippen molar-refractivity contribution in [1.29, 1.82) is 0 Å². The Kier molecular flexibility index (Phi) is 10.00. The van der Waals surface area contributed by atoms with Crippen LogP contribution in [0.25, 0.3) is 0 Å². The lowest BCUT2D eigenvalue weighted by molar-refractivity contribution is -0.145. The second-order valence-corrected chi connectivity index (χ2v) is 13.2. The molecule has 2 saturated heterocycles. The molecule has 254 valence electrons. The number of aliphatic carboxylic acids is 1. The molecule has 0 unspecified atom stereocenters. The second-order valence-electron chi connectivity index (χ2n) is 13.2. The Bertz CT molecular complexity index is 1400. The van der Waals surface area contributed by atoms with E-state index in [2.05, 4.69) is 10.6 Å². The predicted molar refractivity (Wildman–Crippen MR) is 167 cm³/mol. The number of carboxylic acids is 1. The predicted octanol–water partition coefficient (Wildman–Crippen LogP) is 2.90. The van der Waals surface area contributed by atoms with Crippen molar-refractivity contribution in [3.8, 4) is 0 Å². The van der Waals surface area contributed by atoms with E-state index in [-0.39, 0.29) is 31.4 Å². The highest BCUT2D eigenvalue weighted by Crippen LogP contribution is 2.45. The van der Waals surface area contributed by atoms with E-state index in [4.69, 9.17) is 14.2 Å². The molecule has 1 aromatic carbocycles. The third-order valence-electron chi connectivity index (χ3n) is 10.0. The smallest absolute Gasteiger partial charge is 0.410 e. The minimum atomic E-state index is -1.45. The molecule has 13 nitrogen and oxygen atoms in total. The van der Waals surface area contributed by atoms with Gasteiger partial charge in [0.2, 0.25) is 11.8 Å². The molecule has 4 heterocycles. The minimum Gasteiger partial charge on any atom is -0.479 e. The lowest BCUT2D eigenvalue weighted by atomic mass is 10.0. The van der Waals surface area contributed by atoms with Gasteiger partial charge in [-0.15, -0.1) is 0 Å². The van der Waals surface area contributed by atoms with E-state index in [9.17, 15) is 29.1 Å². The molecular formula is C34H44N4O9. The lowest BCUT2D eigenvalue weighted by Gasteiger charge is -2.30. The fourth-order valence-electron chi connectivity index (χ4n) is 7.14. The molecule has 0 radical (unpaired) electrons. The van der Waals surface area contributed by atoms with E-state index < -0.39 is 53.7 Å². The van der Waals surface area contributed by atoms with Crippen molar-refractivity contribution in [2.45, 2.75) is 101 Å². The van der Waals surface area contributed by atoms with Crippen molar-refractivity contribution >= 4 is 30.0 Å². The Morgan fingerprint density at radius 2 is 1.79 bits per heavy atom. The summed E-state index contributed by atoms with van der Waals surface area (Å²) in [7, 11) is 0. The molecule has 6 rings (SSSR count). The lowest BCUT2D eigenvalue weighted by Crippen LogP contribution is -2.56. The van der Waals surface area contributed by atoms with Gasteiger partial charge in [-0.3, -0.25) is 9.59 Å². The van der Waals surface area contributed by atoms with Crippen LogP contribution in [0.2, 0.25) is 0 Å². The SMILES string of the molecule is O=C(N[C@H]1CCCCC/C=C\[C@H]2C[C@@]2(C(=O)O)NC(=O)[C@@H]2C[C@@H](OC(=O)N3CCc4ccccc4C3)CN2C1=O)OC1CCOCC1. The molecule has 1 aliphatic carbocycles. The number of benzene rings is 1. The maximum absolute atomic E-state index is 14.2. The summed E-state index contributed by atoms with van der Waals surface area (Å²) in [6, 6.07) is 5.84. The summed E-state index contributed by atoms with van der Waals surface area (Å²) in [6.45, 7) is 1.78. The van der Waals surface area contributed by atoms with Gasteiger partial charge in [-0.05, 0) is 43.2 Å². The fourth-order valence-corrected chi connectivity index (χ4v) is 7.14. The normalized spacial score (nSPS) is 30.7. The Balaban J connectivity index is 1.20. The van der Waals surface area contributed by atoms with E-state index in [1.807, 2.05) is 36.4 Å². The van der Waals surface area contributed by atoms with Crippen LogP contribution >= 0.6 is 0 Å². The minimum absolute atomic E-state index is 0.00316. The Morgan fingerprint density at radius 1 is 1.00 bits per heavy atom. The maximum atomic E-state index is 14.2. The van der Waals surface area contributed by atoms with Crippen LogP contribution in [-0.2, 0) is 41.6 Å².